The topological polar surface area (TPSA) is 108 Å². The molecule has 1 aliphatic heterocycles. The van der Waals surface area contributed by atoms with Gasteiger partial charge in [0.1, 0.15) is 0 Å². The summed E-state index contributed by atoms with van der Waals surface area (Å²) in [7, 11) is 0. The molecule has 0 bridgehead atoms. The van der Waals surface area contributed by atoms with Gasteiger partial charge < -0.3 is 14.4 Å². The van der Waals surface area contributed by atoms with Crippen LogP contribution in [0.1, 0.15) is 17.7 Å². The zero-order valence-corrected chi connectivity index (χ0v) is 9.15. The Hall–Kier alpha value is -2.48. The van der Waals surface area contributed by atoms with Crippen LogP contribution in [0.5, 0.6) is 0 Å². The van der Waals surface area contributed by atoms with Crippen molar-refractivity contribution in [3.05, 3.63) is 40.3 Å². The van der Waals surface area contributed by atoms with Gasteiger partial charge in [-0.15, -0.1) is 5.10 Å². The Labute approximate surface area is 101 Å². The van der Waals surface area contributed by atoms with Gasteiger partial charge in [0.2, 0.25) is 5.89 Å². The lowest BCUT2D eigenvalue weighted by atomic mass is 10.2. The lowest BCUT2D eigenvalue weighted by molar-refractivity contribution is 0.0441. The van der Waals surface area contributed by atoms with E-state index in [4.69, 9.17) is 4.42 Å². The van der Waals surface area contributed by atoms with Crippen LogP contribution in [0.25, 0.3) is 0 Å². The van der Waals surface area contributed by atoms with E-state index in [1.165, 1.54) is 11.2 Å². The van der Waals surface area contributed by atoms with E-state index in [9.17, 15) is 9.90 Å². The van der Waals surface area contributed by atoms with Crippen LogP contribution in [0.2, 0.25) is 0 Å². The monoisotopic (exact) mass is 247 g/mol. The first-order valence-electron chi connectivity index (χ1n) is 5.21. The first-order valence-corrected chi connectivity index (χ1v) is 5.21. The molecule has 0 amide bonds. The quantitative estimate of drug-likeness (QED) is 0.768. The van der Waals surface area contributed by atoms with Gasteiger partial charge in [0.25, 0.3) is 0 Å². The van der Waals surface area contributed by atoms with Crippen LogP contribution < -0.4 is 5.76 Å². The fourth-order valence-corrected chi connectivity index (χ4v) is 1.70. The molecule has 8 heteroatoms. The Kier molecular flexibility index (Phi) is 2.41. The maximum atomic E-state index is 10.8. The number of fused-ring (bicyclic) bond motifs is 1. The van der Waals surface area contributed by atoms with E-state index in [2.05, 4.69) is 20.2 Å². The number of aromatic amines is 1. The zero-order valence-electron chi connectivity index (χ0n) is 9.15. The highest BCUT2D eigenvalue weighted by Crippen LogP contribution is 2.29. The number of hydrogen-bond donors (Lipinski definition) is 2. The van der Waals surface area contributed by atoms with Gasteiger partial charge in [-0.2, -0.15) is 0 Å². The summed E-state index contributed by atoms with van der Waals surface area (Å²) in [6, 6.07) is 3.45. The largest absolute Gasteiger partial charge is 0.434 e. The predicted molar refractivity (Wildman–Crippen MR) is 60.0 cm³/mol. The number of H-pyrrole nitrogens is 1. The molecule has 1 aliphatic rings. The maximum absolute atomic E-state index is 10.8. The third kappa shape index (κ3) is 1.78. The van der Waals surface area contributed by atoms with Crippen molar-refractivity contribution in [1.29, 1.82) is 0 Å². The molecular weight excluding hydrogens is 238 g/mol. The van der Waals surface area contributed by atoms with E-state index < -0.39 is 12.0 Å². The van der Waals surface area contributed by atoms with E-state index in [1.807, 2.05) is 0 Å². The molecule has 0 saturated heterocycles. The van der Waals surface area contributed by atoms with Crippen LogP contribution in [0.4, 0.5) is 5.82 Å². The van der Waals surface area contributed by atoms with Crippen molar-refractivity contribution in [2.24, 2.45) is 4.99 Å². The van der Waals surface area contributed by atoms with E-state index in [0.717, 1.165) is 0 Å². The SMILES string of the molecule is O=c1[nH]nc(CN2C=Nc3ncccc3C2O)o1. The van der Waals surface area contributed by atoms with E-state index in [-0.39, 0.29) is 12.4 Å². The summed E-state index contributed by atoms with van der Waals surface area (Å²) >= 11 is 0. The second-order valence-corrected chi connectivity index (χ2v) is 3.71. The number of aliphatic imine (C=N–C) groups is 1. The van der Waals surface area contributed by atoms with Crippen molar-refractivity contribution < 1.29 is 9.52 Å². The second-order valence-electron chi connectivity index (χ2n) is 3.71. The van der Waals surface area contributed by atoms with Crippen LogP contribution in [0.3, 0.4) is 0 Å². The normalized spacial score (nSPS) is 17.8. The summed E-state index contributed by atoms with van der Waals surface area (Å²) in [5.74, 6) is 0.0260. The molecule has 3 heterocycles. The molecule has 1 atom stereocenters. The van der Waals surface area contributed by atoms with Gasteiger partial charge in [-0.25, -0.2) is 19.9 Å². The summed E-state index contributed by atoms with van der Waals surface area (Å²) in [4.78, 5) is 20.4. The van der Waals surface area contributed by atoms with Gasteiger partial charge >= 0.3 is 5.76 Å². The fraction of sp³-hybridized carbons (Fsp3) is 0.200. The lowest BCUT2D eigenvalue weighted by Gasteiger charge is -2.27. The highest BCUT2D eigenvalue weighted by atomic mass is 16.4. The molecule has 3 rings (SSSR count). The summed E-state index contributed by atoms with van der Waals surface area (Å²) in [6.45, 7) is 0.137. The zero-order chi connectivity index (χ0) is 12.5. The number of pyridine rings is 1. The van der Waals surface area contributed by atoms with Crippen LogP contribution in [0, 0.1) is 0 Å². The molecule has 8 nitrogen and oxygen atoms in total. The average Bonchev–Trinajstić information content (AvgIpc) is 2.79. The minimum Gasteiger partial charge on any atom is -0.391 e. The number of rotatable bonds is 2. The van der Waals surface area contributed by atoms with Gasteiger partial charge in [-0.05, 0) is 12.1 Å². The third-order valence-corrected chi connectivity index (χ3v) is 2.54. The van der Waals surface area contributed by atoms with Gasteiger partial charge in [-0.1, -0.05) is 0 Å². The standard InChI is InChI=1S/C10H9N5O3/c16-9-6-2-1-3-11-8(6)12-5-15(9)4-7-13-14-10(17)18-7/h1-3,5,9,16H,4H2,(H,14,17). The first-order chi connectivity index (χ1) is 8.74. The van der Waals surface area contributed by atoms with Crippen LogP contribution in [0.15, 0.2) is 32.5 Å². The second kappa shape index (κ2) is 4.08. The number of nitrogens with zero attached hydrogens (tertiary/aromatic N) is 4. The first kappa shape index (κ1) is 10.7. The van der Waals surface area contributed by atoms with Gasteiger partial charge in [-0.3, -0.25) is 0 Å². The third-order valence-electron chi connectivity index (χ3n) is 2.54. The lowest BCUT2D eigenvalue weighted by Crippen LogP contribution is -2.29. The molecular formula is C10H9N5O3. The summed E-state index contributed by atoms with van der Waals surface area (Å²) in [6.07, 6.45) is 2.15. The molecule has 2 aromatic rings. The number of nitrogens with one attached hydrogen (secondary N) is 1. The molecule has 0 fully saturated rings. The van der Waals surface area contributed by atoms with Crippen molar-refractivity contribution in [2.45, 2.75) is 12.8 Å². The Bertz CT molecular complexity index is 647. The maximum Gasteiger partial charge on any atom is 0.434 e. The molecule has 0 aromatic carbocycles. The average molecular weight is 247 g/mol. The number of hydrogen-bond acceptors (Lipinski definition) is 7. The Morgan fingerprint density at radius 2 is 2.44 bits per heavy atom. The van der Waals surface area contributed by atoms with Crippen LogP contribution in [-0.2, 0) is 6.54 Å². The van der Waals surface area contributed by atoms with Crippen molar-refractivity contribution >= 4 is 12.2 Å². The predicted octanol–water partition coefficient (Wildman–Crippen LogP) is -0.0756. The molecule has 0 radical (unpaired) electrons. The summed E-state index contributed by atoms with van der Waals surface area (Å²) in [5.41, 5.74) is 0.595. The molecule has 18 heavy (non-hydrogen) atoms. The van der Waals surface area contributed by atoms with E-state index in [0.29, 0.717) is 11.4 Å². The highest BCUT2D eigenvalue weighted by molar-refractivity contribution is 5.65. The smallest absolute Gasteiger partial charge is 0.391 e. The molecule has 92 valence electrons. The number of aliphatic hydroxyl groups excluding tert-OH is 1. The number of aromatic nitrogens is 3. The fourth-order valence-electron chi connectivity index (χ4n) is 1.70. The molecule has 2 N–H and O–H groups in total. The van der Waals surface area contributed by atoms with Gasteiger partial charge in [0, 0.05) is 11.8 Å². The summed E-state index contributed by atoms with van der Waals surface area (Å²) in [5, 5.41) is 15.9. The Balaban J connectivity index is 1.86. The van der Waals surface area contributed by atoms with Gasteiger partial charge in [0.05, 0.1) is 12.9 Å². The number of aliphatic hydroxyl groups is 1. The Morgan fingerprint density at radius 1 is 1.56 bits per heavy atom. The van der Waals surface area contributed by atoms with Crippen LogP contribution >= 0.6 is 0 Å². The summed E-state index contributed by atoms with van der Waals surface area (Å²) < 4.78 is 4.77. The van der Waals surface area contributed by atoms with Crippen molar-refractivity contribution in [3.8, 4) is 0 Å². The van der Waals surface area contributed by atoms with Gasteiger partial charge in [0.15, 0.2) is 12.0 Å². The van der Waals surface area contributed by atoms with Crippen molar-refractivity contribution in [3.63, 3.8) is 0 Å². The molecule has 0 saturated carbocycles. The Morgan fingerprint density at radius 3 is 3.22 bits per heavy atom. The molecule has 0 aliphatic carbocycles. The van der Waals surface area contributed by atoms with E-state index >= 15 is 0 Å². The van der Waals surface area contributed by atoms with Crippen LogP contribution in [-0.4, -0.2) is 31.5 Å². The minimum atomic E-state index is -0.895. The molecule has 1 unspecified atom stereocenters. The van der Waals surface area contributed by atoms with Crippen molar-refractivity contribution in [1.82, 2.24) is 20.1 Å². The molecule has 0 spiro atoms. The van der Waals surface area contributed by atoms with Crippen molar-refractivity contribution in [2.75, 3.05) is 0 Å². The van der Waals surface area contributed by atoms with E-state index in [1.54, 1.807) is 18.3 Å². The minimum absolute atomic E-state index is 0.137. The highest BCUT2D eigenvalue weighted by Gasteiger charge is 2.24. The molecule has 2 aromatic heterocycles.